The van der Waals surface area contributed by atoms with Gasteiger partial charge in [-0.1, -0.05) is 19.3 Å². The molecule has 1 heterocycles. The fraction of sp³-hybridized carbons (Fsp3) is 0.786. The van der Waals surface area contributed by atoms with E-state index in [-0.39, 0.29) is 5.54 Å². The lowest BCUT2D eigenvalue weighted by Gasteiger charge is -2.34. The predicted octanol–water partition coefficient (Wildman–Crippen LogP) is 2.84. The van der Waals surface area contributed by atoms with E-state index in [4.69, 9.17) is 4.74 Å². The van der Waals surface area contributed by atoms with Crippen LogP contribution in [0.25, 0.3) is 0 Å². The smallest absolute Gasteiger partial charge is 0.323 e. The zero-order valence-corrected chi connectivity index (χ0v) is 12.7. The predicted molar refractivity (Wildman–Crippen MR) is 80.3 cm³/mol. The van der Waals surface area contributed by atoms with Crippen molar-refractivity contribution in [3.05, 3.63) is 0 Å². The number of hydrogen-bond acceptors (Lipinski definition) is 6. The Bertz CT molecular complexity index is 407. The molecule has 0 saturated heterocycles. The highest BCUT2D eigenvalue weighted by atomic mass is 16.5. The lowest BCUT2D eigenvalue weighted by molar-refractivity contribution is 0.310. The summed E-state index contributed by atoms with van der Waals surface area (Å²) in [7, 11) is 0. The van der Waals surface area contributed by atoms with Crippen molar-refractivity contribution in [2.45, 2.75) is 58.4 Å². The zero-order valence-electron chi connectivity index (χ0n) is 12.7. The lowest BCUT2D eigenvalue weighted by Crippen LogP contribution is -2.37. The van der Waals surface area contributed by atoms with Gasteiger partial charge in [0, 0.05) is 12.1 Å². The van der Waals surface area contributed by atoms with Crippen LogP contribution in [0.5, 0.6) is 6.01 Å². The first-order valence-electron chi connectivity index (χ1n) is 7.56. The fourth-order valence-corrected chi connectivity index (χ4v) is 2.57. The molecule has 2 rings (SSSR count). The van der Waals surface area contributed by atoms with Crippen LogP contribution in [0, 0.1) is 0 Å². The fourth-order valence-electron chi connectivity index (χ4n) is 2.57. The number of aromatic nitrogens is 3. The molecule has 1 aliphatic carbocycles. The Hall–Kier alpha value is -1.59. The summed E-state index contributed by atoms with van der Waals surface area (Å²) in [6, 6.07) is 0.375. The second-order valence-electron chi connectivity index (χ2n) is 5.47. The van der Waals surface area contributed by atoms with Crippen LogP contribution in [0.1, 0.15) is 52.9 Å². The van der Waals surface area contributed by atoms with Crippen molar-refractivity contribution in [3.8, 4) is 6.01 Å². The van der Waals surface area contributed by atoms with E-state index in [0.717, 1.165) is 19.4 Å². The summed E-state index contributed by atoms with van der Waals surface area (Å²) in [5, 5.41) is 6.59. The Morgan fingerprint density at radius 2 is 1.75 bits per heavy atom. The molecule has 0 atom stereocenters. The maximum absolute atomic E-state index is 5.41. The van der Waals surface area contributed by atoms with E-state index in [1.54, 1.807) is 0 Å². The third-order valence-electron chi connectivity index (χ3n) is 3.59. The molecular formula is C14H25N5O. The second kappa shape index (κ2) is 6.72. The van der Waals surface area contributed by atoms with E-state index in [2.05, 4.69) is 32.5 Å². The molecule has 6 nitrogen and oxygen atoms in total. The van der Waals surface area contributed by atoms with E-state index >= 15 is 0 Å². The molecule has 0 aliphatic heterocycles. The quantitative estimate of drug-likeness (QED) is 0.834. The van der Waals surface area contributed by atoms with Crippen LogP contribution in [0.15, 0.2) is 0 Å². The maximum Gasteiger partial charge on any atom is 0.323 e. The van der Waals surface area contributed by atoms with Gasteiger partial charge in [0.25, 0.3) is 0 Å². The number of nitrogens with one attached hydrogen (secondary N) is 2. The SMILES string of the molecule is CCNc1nc(NC2(C)CCCCC2)nc(OCC)n1. The van der Waals surface area contributed by atoms with Crippen LogP contribution < -0.4 is 15.4 Å². The van der Waals surface area contributed by atoms with Gasteiger partial charge in [-0.3, -0.25) is 0 Å². The standard InChI is InChI=1S/C14H25N5O/c1-4-15-11-16-12(18-13(17-11)20-5-2)19-14(3)9-7-6-8-10-14/h4-10H2,1-3H3,(H2,15,16,17,18,19). The summed E-state index contributed by atoms with van der Waals surface area (Å²) in [5.74, 6) is 1.16. The minimum Gasteiger partial charge on any atom is -0.464 e. The molecule has 0 bridgehead atoms. The monoisotopic (exact) mass is 279 g/mol. The highest BCUT2D eigenvalue weighted by Crippen LogP contribution is 2.30. The molecule has 20 heavy (non-hydrogen) atoms. The Morgan fingerprint density at radius 1 is 1.05 bits per heavy atom. The molecule has 0 spiro atoms. The molecular weight excluding hydrogens is 254 g/mol. The van der Waals surface area contributed by atoms with Gasteiger partial charge in [-0.25, -0.2) is 0 Å². The zero-order chi connectivity index (χ0) is 14.4. The van der Waals surface area contributed by atoms with Crippen LogP contribution in [0.2, 0.25) is 0 Å². The van der Waals surface area contributed by atoms with Crippen LogP contribution in [-0.4, -0.2) is 33.6 Å². The van der Waals surface area contributed by atoms with Crippen LogP contribution >= 0.6 is 0 Å². The van der Waals surface area contributed by atoms with Gasteiger partial charge in [-0.15, -0.1) is 0 Å². The van der Waals surface area contributed by atoms with Gasteiger partial charge in [0.2, 0.25) is 11.9 Å². The van der Waals surface area contributed by atoms with E-state index in [1.165, 1.54) is 19.3 Å². The third kappa shape index (κ3) is 3.95. The Labute approximate surface area is 120 Å². The third-order valence-corrected chi connectivity index (χ3v) is 3.59. The van der Waals surface area contributed by atoms with Gasteiger partial charge >= 0.3 is 6.01 Å². The van der Waals surface area contributed by atoms with Gasteiger partial charge < -0.3 is 15.4 Å². The average Bonchev–Trinajstić information content (AvgIpc) is 2.39. The van der Waals surface area contributed by atoms with E-state index in [1.807, 2.05) is 13.8 Å². The molecule has 1 saturated carbocycles. The molecule has 0 radical (unpaired) electrons. The summed E-state index contributed by atoms with van der Waals surface area (Å²) in [5.41, 5.74) is 0.0760. The Balaban J connectivity index is 2.16. The summed E-state index contributed by atoms with van der Waals surface area (Å²) in [6.45, 7) is 7.49. The van der Waals surface area contributed by atoms with Crippen molar-refractivity contribution in [3.63, 3.8) is 0 Å². The minimum absolute atomic E-state index is 0.0760. The van der Waals surface area contributed by atoms with Gasteiger partial charge in [0.15, 0.2) is 0 Å². The Kier molecular flexibility index (Phi) is 4.98. The van der Waals surface area contributed by atoms with Crippen LogP contribution in [0.3, 0.4) is 0 Å². The number of nitrogens with zero attached hydrogens (tertiary/aromatic N) is 3. The Morgan fingerprint density at radius 3 is 2.40 bits per heavy atom. The minimum atomic E-state index is 0.0760. The molecule has 1 aliphatic rings. The lowest BCUT2D eigenvalue weighted by atomic mass is 9.83. The maximum atomic E-state index is 5.41. The highest BCUT2D eigenvalue weighted by molar-refractivity contribution is 5.38. The van der Waals surface area contributed by atoms with Crippen molar-refractivity contribution in [1.29, 1.82) is 0 Å². The number of anilines is 2. The number of hydrogen-bond donors (Lipinski definition) is 2. The molecule has 1 aromatic rings. The molecule has 1 fully saturated rings. The summed E-state index contributed by atoms with van der Waals surface area (Å²) >= 11 is 0. The normalized spacial score (nSPS) is 17.6. The average molecular weight is 279 g/mol. The largest absolute Gasteiger partial charge is 0.464 e. The molecule has 2 N–H and O–H groups in total. The first-order chi connectivity index (χ1) is 9.65. The van der Waals surface area contributed by atoms with Crippen molar-refractivity contribution < 1.29 is 4.74 Å². The molecule has 0 aromatic carbocycles. The molecule has 0 unspecified atom stereocenters. The molecule has 112 valence electrons. The second-order valence-corrected chi connectivity index (χ2v) is 5.47. The molecule has 1 aromatic heterocycles. The van der Waals surface area contributed by atoms with E-state index in [9.17, 15) is 0 Å². The summed E-state index contributed by atoms with van der Waals surface area (Å²) in [6.07, 6.45) is 6.14. The van der Waals surface area contributed by atoms with Crippen LogP contribution in [-0.2, 0) is 0 Å². The van der Waals surface area contributed by atoms with Gasteiger partial charge in [0.05, 0.1) is 6.61 Å². The van der Waals surface area contributed by atoms with E-state index in [0.29, 0.717) is 24.5 Å². The first-order valence-corrected chi connectivity index (χ1v) is 7.56. The summed E-state index contributed by atoms with van der Waals surface area (Å²) in [4.78, 5) is 13.0. The number of ether oxygens (including phenoxy) is 1. The molecule has 6 heteroatoms. The van der Waals surface area contributed by atoms with Gasteiger partial charge in [0.1, 0.15) is 0 Å². The van der Waals surface area contributed by atoms with Crippen molar-refractivity contribution >= 4 is 11.9 Å². The van der Waals surface area contributed by atoms with E-state index < -0.39 is 0 Å². The summed E-state index contributed by atoms with van der Waals surface area (Å²) < 4.78 is 5.41. The number of rotatable bonds is 6. The van der Waals surface area contributed by atoms with Crippen molar-refractivity contribution in [2.75, 3.05) is 23.8 Å². The molecule has 0 amide bonds. The first kappa shape index (κ1) is 14.8. The van der Waals surface area contributed by atoms with Crippen molar-refractivity contribution in [2.24, 2.45) is 0 Å². The van der Waals surface area contributed by atoms with Crippen molar-refractivity contribution in [1.82, 2.24) is 15.0 Å². The van der Waals surface area contributed by atoms with Gasteiger partial charge in [-0.2, -0.15) is 15.0 Å². The highest BCUT2D eigenvalue weighted by Gasteiger charge is 2.27. The van der Waals surface area contributed by atoms with Crippen LogP contribution in [0.4, 0.5) is 11.9 Å². The van der Waals surface area contributed by atoms with Gasteiger partial charge in [-0.05, 0) is 33.6 Å². The topological polar surface area (TPSA) is 72.0 Å².